The number of rotatable bonds is 5. The highest BCUT2D eigenvalue weighted by Crippen LogP contribution is 2.01. The quantitative estimate of drug-likeness (QED) is 0.844. The van der Waals surface area contributed by atoms with Gasteiger partial charge in [-0.25, -0.2) is 4.98 Å². The second-order valence-electron chi connectivity index (χ2n) is 4.10. The number of benzene rings is 1. The van der Waals surface area contributed by atoms with Gasteiger partial charge < -0.3 is 5.32 Å². The smallest absolute Gasteiger partial charge is 0.252 e. The second-order valence-corrected chi connectivity index (χ2v) is 4.10. The Morgan fingerprint density at radius 1 is 1.28 bits per heavy atom. The van der Waals surface area contributed by atoms with Crippen molar-refractivity contribution in [3.05, 3.63) is 58.0 Å². The maximum atomic E-state index is 11.4. The van der Waals surface area contributed by atoms with E-state index >= 15 is 0 Å². The van der Waals surface area contributed by atoms with E-state index in [1.807, 2.05) is 25.1 Å². The van der Waals surface area contributed by atoms with Gasteiger partial charge in [-0.2, -0.15) is 0 Å². The molecule has 0 aliphatic heterocycles. The highest BCUT2D eigenvalue weighted by molar-refractivity contribution is 5.26. The van der Waals surface area contributed by atoms with Crippen LogP contribution in [-0.4, -0.2) is 16.5 Å². The summed E-state index contributed by atoms with van der Waals surface area (Å²) in [5, 5.41) is 3.14. The van der Waals surface area contributed by atoms with Crippen LogP contribution in [0.5, 0.6) is 0 Å². The highest BCUT2D eigenvalue weighted by atomic mass is 16.1. The fourth-order valence-electron chi connectivity index (χ4n) is 1.74. The van der Waals surface area contributed by atoms with Gasteiger partial charge in [0.1, 0.15) is 0 Å². The normalized spacial score (nSPS) is 10.3. The first-order valence-electron chi connectivity index (χ1n) is 6.16. The molecule has 0 aliphatic carbocycles. The molecule has 4 nitrogen and oxygen atoms in total. The van der Waals surface area contributed by atoms with Gasteiger partial charge in [-0.05, 0) is 18.4 Å². The number of hydrogen-bond acceptors (Lipinski definition) is 3. The lowest BCUT2D eigenvalue weighted by Gasteiger charge is -2.06. The monoisotopic (exact) mass is 243 g/mol. The van der Waals surface area contributed by atoms with Crippen molar-refractivity contribution in [2.75, 3.05) is 11.9 Å². The van der Waals surface area contributed by atoms with E-state index in [-0.39, 0.29) is 5.56 Å². The van der Waals surface area contributed by atoms with Gasteiger partial charge in [0, 0.05) is 18.3 Å². The van der Waals surface area contributed by atoms with Gasteiger partial charge in [0.2, 0.25) is 5.95 Å². The average molecular weight is 243 g/mol. The number of nitrogens with one attached hydrogen (secondary N) is 2. The van der Waals surface area contributed by atoms with Crippen LogP contribution >= 0.6 is 0 Å². The number of H-pyrrole nitrogens is 1. The van der Waals surface area contributed by atoms with Gasteiger partial charge in [0.15, 0.2) is 0 Å². The topological polar surface area (TPSA) is 57.8 Å². The van der Waals surface area contributed by atoms with Crippen molar-refractivity contribution >= 4 is 5.95 Å². The lowest BCUT2D eigenvalue weighted by Crippen LogP contribution is -2.15. The van der Waals surface area contributed by atoms with Crippen LogP contribution in [0.25, 0.3) is 0 Å². The molecule has 0 saturated carbocycles. The van der Waals surface area contributed by atoms with Crippen LogP contribution in [0.2, 0.25) is 0 Å². The van der Waals surface area contributed by atoms with E-state index in [0.29, 0.717) is 5.95 Å². The summed E-state index contributed by atoms with van der Waals surface area (Å²) >= 11 is 0. The second kappa shape index (κ2) is 6.00. The van der Waals surface area contributed by atoms with E-state index < -0.39 is 0 Å². The standard InChI is InChI=1S/C14H17N3O/c1-2-12-10-13(18)17-14(16-12)15-9-8-11-6-4-3-5-7-11/h3-7,10H,2,8-9H2,1H3,(H2,15,16,17,18). The molecular weight excluding hydrogens is 226 g/mol. The van der Waals surface area contributed by atoms with E-state index in [9.17, 15) is 4.79 Å². The van der Waals surface area contributed by atoms with Gasteiger partial charge in [0.05, 0.1) is 0 Å². The number of aromatic nitrogens is 2. The number of aryl methyl sites for hydroxylation is 1. The SMILES string of the molecule is CCc1cc(=O)[nH]c(NCCc2ccccc2)n1. The lowest BCUT2D eigenvalue weighted by molar-refractivity contribution is 0.939. The molecule has 0 spiro atoms. The molecule has 0 amide bonds. The number of hydrogen-bond donors (Lipinski definition) is 2. The van der Waals surface area contributed by atoms with Crippen molar-refractivity contribution in [2.24, 2.45) is 0 Å². The first-order valence-corrected chi connectivity index (χ1v) is 6.16. The minimum Gasteiger partial charge on any atom is -0.355 e. The van der Waals surface area contributed by atoms with E-state index in [2.05, 4.69) is 27.4 Å². The Labute approximate surface area is 106 Å². The van der Waals surface area contributed by atoms with Crippen LogP contribution in [0, 0.1) is 0 Å². The third kappa shape index (κ3) is 3.45. The molecule has 2 N–H and O–H groups in total. The van der Waals surface area contributed by atoms with Crippen molar-refractivity contribution in [2.45, 2.75) is 19.8 Å². The van der Waals surface area contributed by atoms with Crippen molar-refractivity contribution in [1.29, 1.82) is 0 Å². The van der Waals surface area contributed by atoms with Crippen molar-refractivity contribution in [3.8, 4) is 0 Å². The zero-order valence-corrected chi connectivity index (χ0v) is 10.4. The van der Waals surface area contributed by atoms with Gasteiger partial charge in [-0.3, -0.25) is 9.78 Å². The number of nitrogens with zero attached hydrogens (tertiary/aromatic N) is 1. The summed E-state index contributed by atoms with van der Waals surface area (Å²) in [7, 11) is 0. The van der Waals surface area contributed by atoms with Gasteiger partial charge in [0.25, 0.3) is 5.56 Å². The number of aromatic amines is 1. The molecule has 2 rings (SSSR count). The Balaban J connectivity index is 1.94. The first kappa shape index (κ1) is 12.4. The summed E-state index contributed by atoms with van der Waals surface area (Å²) in [4.78, 5) is 18.4. The molecule has 1 heterocycles. The third-order valence-corrected chi connectivity index (χ3v) is 2.71. The molecule has 0 atom stereocenters. The van der Waals surface area contributed by atoms with Crippen molar-refractivity contribution < 1.29 is 0 Å². The Bertz CT molecular complexity index is 548. The van der Waals surface area contributed by atoms with Gasteiger partial charge in [-0.15, -0.1) is 0 Å². The summed E-state index contributed by atoms with van der Waals surface area (Å²) in [5.74, 6) is 0.551. The summed E-state index contributed by atoms with van der Waals surface area (Å²) in [6.45, 7) is 2.73. The summed E-state index contributed by atoms with van der Waals surface area (Å²) in [6, 6.07) is 11.7. The molecule has 1 aromatic heterocycles. The molecule has 4 heteroatoms. The summed E-state index contributed by atoms with van der Waals surface area (Å²) in [6.07, 6.45) is 1.66. The predicted molar refractivity (Wildman–Crippen MR) is 72.9 cm³/mol. The third-order valence-electron chi connectivity index (χ3n) is 2.71. The molecule has 0 unspecified atom stereocenters. The number of anilines is 1. The van der Waals surface area contributed by atoms with Crippen molar-refractivity contribution in [3.63, 3.8) is 0 Å². The van der Waals surface area contributed by atoms with Crippen LogP contribution in [0.4, 0.5) is 5.95 Å². The maximum Gasteiger partial charge on any atom is 0.252 e. The molecule has 0 fully saturated rings. The fraction of sp³-hybridized carbons (Fsp3) is 0.286. The fourth-order valence-corrected chi connectivity index (χ4v) is 1.74. The molecule has 0 saturated heterocycles. The molecule has 0 bridgehead atoms. The minimum absolute atomic E-state index is 0.107. The van der Waals surface area contributed by atoms with E-state index in [1.54, 1.807) is 0 Å². The Morgan fingerprint density at radius 3 is 2.78 bits per heavy atom. The molecular formula is C14H17N3O. The molecule has 1 aromatic carbocycles. The zero-order chi connectivity index (χ0) is 12.8. The van der Waals surface area contributed by atoms with Crippen LogP contribution in [0.1, 0.15) is 18.2 Å². The Kier molecular flexibility index (Phi) is 4.12. The van der Waals surface area contributed by atoms with Crippen LogP contribution in [-0.2, 0) is 12.8 Å². The Hall–Kier alpha value is -2.10. The summed E-state index contributed by atoms with van der Waals surface area (Å²) in [5.41, 5.74) is 1.96. The minimum atomic E-state index is -0.107. The maximum absolute atomic E-state index is 11.4. The van der Waals surface area contributed by atoms with E-state index in [4.69, 9.17) is 0 Å². The molecule has 0 aliphatic rings. The molecule has 18 heavy (non-hydrogen) atoms. The lowest BCUT2D eigenvalue weighted by atomic mass is 10.1. The average Bonchev–Trinajstić information content (AvgIpc) is 2.39. The Morgan fingerprint density at radius 2 is 2.06 bits per heavy atom. The predicted octanol–water partition coefficient (Wildman–Crippen LogP) is 1.99. The van der Waals surface area contributed by atoms with Crippen molar-refractivity contribution in [1.82, 2.24) is 9.97 Å². The molecule has 94 valence electrons. The van der Waals surface area contributed by atoms with Crippen LogP contribution in [0.3, 0.4) is 0 Å². The van der Waals surface area contributed by atoms with Crippen LogP contribution in [0.15, 0.2) is 41.2 Å². The van der Waals surface area contributed by atoms with E-state index in [0.717, 1.165) is 25.1 Å². The van der Waals surface area contributed by atoms with Crippen LogP contribution < -0.4 is 10.9 Å². The highest BCUT2D eigenvalue weighted by Gasteiger charge is 1.99. The first-order chi connectivity index (χ1) is 8.78. The molecule has 2 aromatic rings. The molecule has 0 radical (unpaired) electrons. The van der Waals surface area contributed by atoms with Gasteiger partial charge >= 0.3 is 0 Å². The van der Waals surface area contributed by atoms with Gasteiger partial charge in [-0.1, -0.05) is 37.3 Å². The van der Waals surface area contributed by atoms with E-state index in [1.165, 1.54) is 11.6 Å². The zero-order valence-electron chi connectivity index (χ0n) is 10.4. The summed E-state index contributed by atoms with van der Waals surface area (Å²) < 4.78 is 0. The largest absolute Gasteiger partial charge is 0.355 e.